The van der Waals surface area contributed by atoms with E-state index in [0.717, 1.165) is 12.8 Å². The summed E-state index contributed by atoms with van der Waals surface area (Å²) in [6.45, 7) is 2.82. The lowest BCUT2D eigenvalue weighted by atomic mass is 9.81. The Morgan fingerprint density at radius 1 is 1.33 bits per heavy atom. The van der Waals surface area contributed by atoms with Gasteiger partial charge in [-0.1, -0.05) is 43.7 Å². The van der Waals surface area contributed by atoms with Crippen LogP contribution >= 0.6 is 0 Å². The van der Waals surface area contributed by atoms with E-state index in [-0.39, 0.29) is 0 Å². The zero-order chi connectivity index (χ0) is 10.7. The Hall–Kier alpha value is -0.860. The van der Waals surface area contributed by atoms with Gasteiger partial charge in [0.2, 0.25) is 0 Å². The van der Waals surface area contributed by atoms with Gasteiger partial charge in [0.05, 0.1) is 6.61 Å². The van der Waals surface area contributed by atoms with Crippen LogP contribution in [0.1, 0.15) is 31.2 Å². The van der Waals surface area contributed by atoms with Crippen molar-refractivity contribution in [1.82, 2.24) is 0 Å². The lowest BCUT2D eigenvalue weighted by Crippen LogP contribution is -2.31. The molecule has 0 amide bonds. The second-order valence-corrected chi connectivity index (χ2v) is 4.21. The van der Waals surface area contributed by atoms with E-state index in [1.807, 2.05) is 6.07 Å². The molecule has 82 valence electrons. The lowest BCUT2D eigenvalue weighted by molar-refractivity contribution is -0.146. The third-order valence-corrected chi connectivity index (χ3v) is 3.29. The van der Waals surface area contributed by atoms with Gasteiger partial charge in [-0.25, -0.2) is 0 Å². The van der Waals surface area contributed by atoms with Crippen molar-refractivity contribution in [3.63, 3.8) is 0 Å². The highest BCUT2D eigenvalue weighted by molar-refractivity contribution is 5.20. The number of aliphatic hydroxyl groups is 1. The van der Waals surface area contributed by atoms with E-state index in [1.165, 1.54) is 5.56 Å². The van der Waals surface area contributed by atoms with Crippen molar-refractivity contribution < 1.29 is 9.84 Å². The van der Waals surface area contributed by atoms with Crippen molar-refractivity contribution in [2.45, 2.75) is 32.0 Å². The molecule has 0 aliphatic carbocycles. The number of hydrogen-bond donors (Lipinski definition) is 1. The van der Waals surface area contributed by atoms with Crippen LogP contribution in [0.5, 0.6) is 0 Å². The molecule has 0 aromatic heterocycles. The van der Waals surface area contributed by atoms with Crippen LogP contribution in [0.4, 0.5) is 0 Å². The summed E-state index contributed by atoms with van der Waals surface area (Å²) in [7, 11) is 0. The summed E-state index contributed by atoms with van der Waals surface area (Å²) in [4.78, 5) is 0. The molecule has 0 bridgehead atoms. The van der Waals surface area contributed by atoms with Crippen LogP contribution in [0, 0.1) is 5.92 Å². The summed E-state index contributed by atoms with van der Waals surface area (Å²) in [5.74, 6) is 0.982. The van der Waals surface area contributed by atoms with E-state index < -0.39 is 6.29 Å². The fourth-order valence-electron chi connectivity index (χ4n) is 2.36. The van der Waals surface area contributed by atoms with Gasteiger partial charge in [0.15, 0.2) is 6.29 Å². The van der Waals surface area contributed by atoms with Crippen LogP contribution in [0.25, 0.3) is 0 Å². The van der Waals surface area contributed by atoms with E-state index in [2.05, 4.69) is 31.2 Å². The van der Waals surface area contributed by atoms with Gasteiger partial charge in [-0.3, -0.25) is 0 Å². The van der Waals surface area contributed by atoms with Crippen LogP contribution in [0.2, 0.25) is 0 Å². The molecule has 1 aromatic rings. The Morgan fingerprint density at radius 3 is 2.73 bits per heavy atom. The highest BCUT2D eigenvalue weighted by Crippen LogP contribution is 2.34. The molecule has 1 fully saturated rings. The number of hydrogen-bond acceptors (Lipinski definition) is 2. The first kappa shape index (κ1) is 10.7. The Balaban J connectivity index is 2.14. The van der Waals surface area contributed by atoms with E-state index in [1.54, 1.807) is 0 Å². The molecule has 15 heavy (non-hydrogen) atoms. The quantitative estimate of drug-likeness (QED) is 0.805. The van der Waals surface area contributed by atoms with Gasteiger partial charge in [-0.2, -0.15) is 0 Å². The zero-order valence-corrected chi connectivity index (χ0v) is 9.10. The molecule has 3 atom stereocenters. The average Bonchev–Trinajstić information content (AvgIpc) is 2.30. The predicted molar refractivity (Wildman–Crippen MR) is 59.5 cm³/mol. The van der Waals surface area contributed by atoms with Crippen molar-refractivity contribution in [3.05, 3.63) is 35.9 Å². The normalized spacial score (nSPS) is 31.5. The molecule has 2 nitrogen and oxygen atoms in total. The number of aliphatic hydroxyl groups excluding tert-OH is 1. The fraction of sp³-hybridized carbons (Fsp3) is 0.538. The molecular formula is C13H18O2. The van der Waals surface area contributed by atoms with E-state index in [0.29, 0.717) is 18.4 Å². The summed E-state index contributed by atoms with van der Waals surface area (Å²) in [5, 5.41) is 9.45. The minimum atomic E-state index is -0.560. The SMILES string of the molecule is CC[C@H]1CC(O)OC[C@@H]1c1ccccc1. The molecule has 1 aromatic carbocycles. The van der Waals surface area contributed by atoms with Gasteiger partial charge in [-0.05, 0) is 11.5 Å². The fourth-order valence-corrected chi connectivity index (χ4v) is 2.36. The third-order valence-electron chi connectivity index (χ3n) is 3.29. The first-order valence-corrected chi connectivity index (χ1v) is 5.66. The highest BCUT2D eigenvalue weighted by atomic mass is 16.6. The van der Waals surface area contributed by atoms with Crippen molar-refractivity contribution in [3.8, 4) is 0 Å². The molecule has 1 N–H and O–H groups in total. The minimum Gasteiger partial charge on any atom is -0.368 e. The maximum absolute atomic E-state index is 9.45. The van der Waals surface area contributed by atoms with Gasteiger partial charge in [0, 0.05) is 12.3 Å². The predicted octanol–water partition coefficient (Wildman–Crippen LogP) is 2.54. The van der Waals surface area contributed by atoms with E-state index in [4.69, 9.17) is 4.74 Å². The standard InChI is InChI=1S/C13H18O2/c1-2-10-8-13(14)15-9-12(10)11-6-4-3-5-7-11/h3-7,10,12-14H,2,8-9H2,1H3/t10-,12-,13?/m0/s1. The molecule has 0 radical (unpaired) electrons. The van der Waals surface area contributed by atoms with Crippen molar-refractivity contribution in [1.29, 1.82) is 0 Å². The summed E-state index contributed by atoms with van der Waals surface area (Å²) in [6, 6.07) is 10.5. The Bertz CT molecular complexity index is 297. The van der Waals surface area contributed by atoms with Crippen LogP contribution in [0.15, 0.2) is 30.3 Å². The van der Waals surface area contributed by atoms with Crippen LogP contribution in [0.3, 0.4) is 0 Å². The third kappa shape index (κ3) is 2.39. The first-order valence-electron chi connectivity index (χ1n) is 5.66. The summed E-state index contributed by atoms with van der Waals surface area (Å²) < 4.78 is 5.33. The zero-order valence-electron chi connectivity index (χ0n) is 9.10. The molecule has 1 heterocycles. The molecule has 1 unspecified atom stereocenters. The van der Waals surface area contributed by atoms with Crippen molar-refractivity contribution in [2.75, 3.05) is 6.61 Å². The monoisotopic (exact) mass is 206 g/mol. The smallest absolute Gasteiger partial charge is 0.154 e. The highest BCUT2D eigenvalue weighted by Gasteiger charge is 2.29. The minimum absolute atomic E-state index is 0.444. The Kier molecular flexibility index (Phi) is 3.39. The largest absolute Gasteiger partial charge is 0.368 e. The average molecular weight is 206 g/mol. The second-order valence-electron chi connectivity index (χ2n) is 4.21. The molecule has 0 spiro atoms. The van der Waals surface area contributed by atoms with Gasteiger partial charge in [-0.15, -0.1) is 0 Å². The lowest BCUT2D eigenvalue weighted by Gasteiger charge is -2.34. The van der Waals surface area contributed by atoms with Crippen LogP contribution < -0.4 is 0 Å². The summed E-state index contributed by atoms with van der Waals surface area (Å²) in [5.41, 5.74) is 1.33. The van der Waals surface area contributed by atoms with Crippen LogP contribution in [-0.4, -0.2) is 18.0 Å². The van der Waals surface area contributed by atoms with Crippen molar-refractivity contribution >= 4 is 0 Å². The summed E-state index contributed by atoms with van der Waals surface area (Å²) >= 11 is 0. The molecule has 2 rings (SSSR count). The molecule has 2 heteroatoms. The van der Waals surface area contributed by atoms with Gasteiger partial charge >= 0.3 is 0 Å². The number of ether oxygens (including phenoxy) is 1. The van der Waals surface area contributed by atoms with Crippen LogP contribution in [-0.2, 0) is 4.74 Å². The first-order chi connectivity index (χ1) is 7.31. The van der Waals surface area contributed by atoms with E-state index in [9.17, 15) is 5.11 Å². The topological polar surface area (TPSA) is 29.5 Å². The molecule has 1 aliphatic rings. The second kappa shape index (κ2) is 4.77. The number of rotatable bonds is 2. The maximum atomic E-state index is 9.45. The maximum Gasteiger partial charge on any atom is 0.154 e. The molecule has 1 aliphatic heterocycles. The summed E-state index contributed by atoms with van der Waals surface area (Å²) in [6.07, 6.45) is 1.30. The van der Waals surface area contributed by atoms with Gasteiger partial charge in [0.1, 0.15) is 0 Å². The van der Waals surface area contributed by atoms with Crippen molar-refractivity contribution in [2.24, 2.45) is 5.92 Å². The number of benzene rings is 1. The molecule has 0 saturated carbocycles. The molecular weight excluding hydrogens is 188 g/mol. The van der Waals surface area contributed by atoms with E-state index >= 15 is 0 Å². The van der Waals surface area contributed by atoms with Gasteiger partial charge < -0.3 is 9.84 Å². The Labute approximate surface area is 90.9 Å². The molecule has 1 saturated heterocycles. The van der Waals surface area contributed by atoms with Gasteiger partial charge in [0.25, 0.3) is 0 Å². The Morgan fingerprint density at radius 2 is 2.07 bits per heavy atom.